The molecule has 0 saturated heterocycles. The van der Waals surface area contributed by atoms with E-state index in [1.807, 2.05) is 0 Å². The van der Waals surface area contributed by atoms with Crippen LogP contribution in [0, 0.1) is 5.82 Å². The molecule has 2 aromatic carbocycles. The fourth-order valence-corrected chi connectivity index (χ4v) is 3.62. The van der Waals surface area contributed by atoms with E-state index >= 15 is 0 Å². The molecule has 0 radical (unpaired) electrons. The first-order valence-corrected chi connectivity index (χ1v) is 11.8. The van der Waals surface area contributed by atoms with Crippen molar-refractivity contribution in [3.8, 4) is 22.8 Å². The second-order valence-corrected chi connectivity index (χ2v) is 9.33. The Kier molecular flexibility index (Phi) is 8.84. The Balaban J connectivity index is 2.01. The Morgan fingerprint density at radius 1 is 1.05 bits per heavy atom. The average Bonchev–Trinajstić information content (AvgIpc) is 2.89. The number of methoxy groups -OCH3 is 1. The third-order valence-corrected chi connectivity index (χ3v) is 5.88. The number of alkyl halides is 3. The lowest BCUT2D eigenvalue weighted by molar-refractivity contribution is -0.265. The SMILES string of the molecule is COc1ccc(C(=O)NCC(O)(c2cc(C(C)(C)N)cc(-c3ccc(F)cc3)n2)C(F)(F)F)cc1OCCO. The molecule has 0 aliphatic carbocycles. The van der Waals surface area contributed by atoms with Crippen LogP contribution in [0.2, 0.25) is 0 Å². The Morgan fingerprint density at radius 2 is 1.72 bits per heavy atom. The van der Waals surface area contributed by atoms with E-state index in [0.29, 0.717) is 5.56 Å². The highest BCUT2D eigenvalue weighted by atomic mass is 19.4. The van der Waals surface area contributed by atoms with E-state index < -0.39 is 41.3 Å². The zero-order valence-electron chi connectivity index (χ0n) is 21.5. The van der Waals surface area contributed by atoms with E-state index in [2.05, 4.69) is 10.3 Å². The molecule has 210 valence electrons. The number of nitrogens with one attached hydrogen (secondary N) is 1. The summed E-state index contributed by atoms with van der Waals surface area (Å²) >= 11 is 0. The maximum Gasteiger partial charge on any atom is 0.424 e. The molecule has 0 aliphatic heterocycles. The van der Waals surface area contributed by atoms with Crippen molar-refractivity contribution in [2.24, 2.45) is 5.73 Å². The topological polar surface area (TPSA) is 127 Å². The van der Waals surface area contributed by atoms with Crippen molar-refractivity contribution in [3.05, 3.63) is 77.2 Å². The summed E-state index contributed by atoms with van der Waals surface area (Å²) in [6.07, 6.45) is -5.26. The fraction of sp³-hybridized carbons (Fsp3) is 0.333. The number of nitrogens with zero attached hydrogens (tertiary/aromatic N) is 1. The molecule has 3 rings (SSSR count). The van der Waals surface area contributed by atoms with Gasteiger partial charge in [0.2, 0.25) is 5.60 Å². The third-order valence-electron chi connectivity index (χ3n) is 5.88. The van der Waals surface area contributed by atoms with Gasteiger partial charge in [0.1, 0.15) is 12.4 Å². The van der Waals surface area contributed by atoms with E-state index in [-0.39, 0.29) is 41.5 Å². The second-order valence-electron chi connectivity index (χ2n) is 9.33. The number of nitrogens with two attached hydrogens (primary N) is 1. The molecule has 1 amide bonds. The normalized spacial score (nSPS) is 13.5. The predicted octanol–water partition coefficient (Wildman–Crippen LogP) is 3.64. The molecule has 0 spiro atoms. The highest BCUT2D eigenvalue weighted by Crippen LogP contribution is 2.40. The Labute approximate surface area is 222 Å². The van der Waals surface area contributed by atoms with E-state index in [1.54, 1.807) is 13.8 Å². The maximum absolute atomic E-state index is 14.4. The first kappa shape index (κ1) is 29.8. The molecular formula is C27H29F4N3O5. The van der Waals surface area contributed by atoms with Crippen LogP contribution in [0.5, 0.6) is 11.5 Å². The molecule has 1 heterocycles. The largest absolute Gasteiger partial charge is 0.493 e. The number of aromatic nitrogens is 1. The van der Waals surface area contributed by atoms with Crippen LogP contribution in [-0.4, -0.2) is 54.1 Å². The van der Waals surface area contributed by atoms with Crippen LogP contribution < -0.4 is 20.5 Å². The van der Waals surface area contributed by atoms with Crippen LogP contribution in [0.4, 0.5) is 17.6 Å². The lowest BCUT2D eigenvalue weighted by Crippen LogP contribution is -2.51. The minimum Gasteiger partial charge on any atom is -0.493 e. The van der Waals surface area contributed by atoms with Gasteiger partial charge in [-0.1, -0.05) is 0 Å². The van der Waals surface area contributed by atoms with Crippen LogP contribution in [0.1, 0.15) is 35.5 Å². The zero-order chi connectivity index (χ0) is 29.0. The number of hydrogen-bond acceptors (Lipinski definition) is 7. The number of benzene rings is 2. The van der Waals surface area contributed by atoms with Gasteiger partial charge in [-0.05, 0) is 74.0 Å². The number of aliphatic hydroxyl groups excluding tert-OH is 1. The quantitative estimate of drug-likeness (QED) is 0.284. The Hall–Kier alpha value is -3.74. The molecule has 0 bridgehead atoms. The summed E-state index contributed by atoms with van der Waals surface area (Å²) < 4.78 is 67.0. The summed E-state index contributed by atoms with van der Waals surface area (Å²) in [5, 5.41) is 22.1. The second kappa shape index (κ2) is 11.6. The van der Waals surface area contributed by atoms with Crippen molar-refractivity contribution < 1.29 is 42.0 Å². The van der Waals surface area contributed by atoms with E-state index in [0.717, 1.165) is 18.2 Å². The highest BCUT2D eigenvalue weighted by Gasteiger charge is 2.56. The maximum atomic E-state index is 14.4. The fourth-order valence-electron chi connectivity index (χ4n) is 3.62. The number of carbonyl (C=O) groups is 1. The molecule has 0 saturated carbocycles. The Morgan fingerprint density at radius 3 is 2.28 bits per heavy atom. The van der Waals surface area contributed by atoms with Gasteiger partial charge in [-0.15, -0.1) is 0 Å². The molecule has 0 fully saturated rings. The van der Waals surface area contributed by atoms with Gasteiger partial charge in [0.15, 0.2) is 11.5 Å². The molecule has 1 aromatic heterocycles. The average molecular weight is 552 g/mol. The summed E-state index contributed by atoms with van der Waals surface area (Å²) in [4.78, 5) is 16.9. The first-order valence-electron chi connectivity index (χ1n) is 11.8. The zero-order valence-corrected chi connectivity index (χ0v) is 21.5. The van der Waals surface area contributed by atoms with E-state index in [1.165, 1.54) is 43.5 Å². The van der Waals surface area contributed by atoms with Gasteiger partial charge in [0, 0.05) is 16.7 Å². The van der Waals surface area contributed by atoms with Gasteiger partial charge in [-0.2, -0.15) is 13.2 Å². The van der Waals surface area contributed by atoms with Gasteiger partial charge in [-0.3, -0.25) is 4.79 Å². The Bertz CT molecular complexity index is 1310. The first-order chi connectivity index (χ1) is 18.2. The van der Waals surface area contributed by atoms with Crippen molar-refractivity contribution in [2.75, 3.05) is 26.9 Å². The number of halogens is 4. The summed E-state index contributed by atoms with van der Waals surface area (Å²) in [7, 11) is 1.36. The molecule has 1 atom stereocenters. The van der Waals surface area contributed by atoms with Crippen LogP contribution in [0.3, 0.4) is 0 Å². The minimum absolute atomic E-state index is 0.0239. The summed E-state index contributed by atoms with van der Waals surface area (Å²) in [6, 6.07) is 11.3. The van der Waals surface area contributed by atoms with Gasteiger partial charge in [-0.25, -0.2) is 9.37 Å². The van der Waals surface area contributed by atoms with Crippen LogP contribution in [-0.2, 0) is 11.1 Å². The van der Waals surface area contributed by atoms with Gasteiger partial charge >= 0.3 is 6.18 Å². The van der Waals surface area contributed by atoms with Crippen molar-refractivity contribution in [1.29, 1.82) is 0 Å². The van der Waals surface area contributed by atoms with E-state index in [9.17, 15) is 27.5 Å². The smallest absolute Gasteiger partial charge is 0.424 e. The molecule has 3 aromatic rings. The number of carbonyl (C=O) groups excluding carboxylic acids is 1. The number of rotatable bonds is 10. The molecule has 5 N–H and O–H groups in total. The van der Waals surface area contributed by atoms with Crippen molar-refractivity contribution in [3.63, 3.8) is 0 Å². The van der Waals surface area contributed by atoms with Crippen molar-refractivity contribution in [1.82, 2.24) is 10.3 Å². The minimum atomic E-state index is -5.26. The van der Waals surface area contributed by atoms with Crippen LogP contribution >= 0.6 is 0 Å². The molecule has 8 nitrogen and oxygen atoms in total. The summed E-state index contributed by atoms with van der Waals surface area (Å²) in [5.74, 6) is -1.16. The lowest BCUT2D eigenvalue weighted by Gasteiger charge is -2.32. The van der Waals surface area contributed by atoms with Gasteiger partial charge in [0.05, 0.1) is 31.6 Å². The molecular weight excluding hydrogens is 522 g/mol. The van der Waals surface area contributed by atoms with Crippen LogP contribution in [0.15, 0.2) is 54.6 Å². The number of ether oxygens (including phenoxy) is 2. The monoisotopic (exact) mass is 551 g/mol. The number of amides is 1. The van der Waals surface area contributed by atoms with Gasteiger partial charge < -0.3 is 30.7 Å². The number of aliphatic hydroxyl groups is 2. The molecule has 12 heteroatoms. The molecule has 39 heavy (non-hydrogen) atoms. The standard InChI is InChI=1S/C27H29F4N3O5/c1-25(2,32)18-13-20(16-4-7-19(28)8-5-16)34-23(14-18)26(37,27(29,30)31)15-33-24(36)17-6-9-21(38-3)22(12-17)39-11-10-35/h4-9,12-14,35,37H,10-11,15,32H2,1-3H3,(H,33,36). The van der Waals surface area contributed by atoms with Crippen molar-refractivity contribution >= 4 is 5.91 Å². The number of pyridine rings is 1. The van der Waals surface area contributed by atoms with Crippen molar-refractivity contribution in [2.45, 2.75) is 31.2 Å². The third kappa shape index (κ3) is 6.83. The predicted molar refractivity (Wildman–Crippen MR) is 135 cm³/mol. The lowest BCUT2D eigenvalue weighted by atomic mass is 9.89. The highest BCUT2D eigenvalue weighted by molar-refractivity contribution is 5.95. The molecule has 1 unspecified atom stereocenters. The number of hydrogen-bond donors (Lipinski definition) is 4. The molecule has 0 aliphatic rings. The summed E-state index contributed by atoms with van der Waals surface area (Å²) in [6.45, 7) is 1.43. The summed E-state index contributed by atoms with van der Waals surface area (Å²) in [5.41, 5.74) is 1.09. The van der Waals surface area contributed by atoms with Gasteiger partial charge in [0.25, 0.3) is 5.91 Å². The van der Waals surface area contributed by atoms with Crippen LogP contribution in [0.25, 0.3) is 11.3 Å². The van der Waals surface area contributed by atoms with E-state index in [4.69, 9.17) is 20.3 Å².